The van der Waals surface area contributed by atoms with Crippen molar-refractivity contribution >= 4 is 6.09 Å². The summed E-state index contributed by atoms with van der Waals surface area (Å²) < 4.78 is 17.3. The Morgan fingerprint density at radius 1 is 1.00 bits per heavy atom. The summed E-state index contributed by atoms with van der Waals surface area (Å²) in [7, 11) is 1.71. The first-order valence-electron chi connectivity index (χ1n) is 11.2. The van der Waals surface area contributed by atoms with Crippen molar-refractivity contribution in [1.29, 1.82) is 0 Å². The van der Waals surface area contributed by atoms with Crippen molar-refractivity contribution in [3.8, 4) is 11.5 Å². The van der Waals surface area contributed by atoms with Crippen molar-refractivity contribution in [2.75, 3.05) is 26.8 Å². The van der Waals surface area contributed by atoms with Gasteiger partial charge in [-0.1, -0.05) is 36.4 Å². The molecule has 1 amide bonds. The molecule has 5 heteroatoms. The van der Waals surface area contributed by atoms with Crippen LogP contribution >= 0.6 is 0 Å². The van der Waals surface area contributed by atoms with E-state index in [1.807, 2.05) is 56.0 Å². The molecule has 0 N–H and O–H groups in total. The molecule has 0 spiro atoms. The van der Waals surface area contributed by atoms with Gasteiger partial charge in [0.2, 0.25) is 0 Å². The van der Waals surface area contributed by atoms with Crippen LogP contribution in [0.5, 0.6) is 11.5 Å². The van der Waals surface area contributed by atoms with Crippen molar-refractivity contribution in [3.63, 3.8) is 0 Å². The SMILES string of the molecule is COc1ccccc1CCc1ccccc1OC[C@H]1CCCN(C(=O)OC(C)(C)C)C1. The largest absolute Gasteiger partial charge is 0.496 e. The van der Waals surface area contributed by atoms with E-state index in [1.54, 1.807) is 7.11 Å². The van der Waals surface area contributed by atoms with Gasteiger partial charge in [0.05, 0.1) is 13.7 Å². The third-order valence-electron chi connectivity index (χ3n) is 5.47. The van der Waals surface area contributed by atoms with Gasteiger partial charge in [-0.3, -0.25) is 0 Å². The summed E-state index contributed by atoms with van der Waals surface area (Å²) in [5.41, 5.74) is 1.91. The molecule has 31 heavy (non-hydrogen) atoms. The number of carbonyl (C=O) groups excluding carboxylic acids is 1. The summed E-state index contributed by atoms with van der Waals surface area (Å²) in [4.78, 5) is 14.2. The predicted octanol–water partition coefficient (Wildman–Crippen LogP) is 5.51. The van der Waals surface area contributed by atoms with Gasteiger partial charge in [-0.15, -0.1) is 0 Å². The third-order valence-corrected chi connectivity index (χ3v) is 5.47. The Labute approximate surface area is 186 Å². The van der Waals surface area contributed by atoms with E-state index in [0.29, 0.717) is 19.1 Å². The molecule has 1 heterocycles. The smallest absolute Gasteiger partial charge is 0.410 e. The summed E-state index contributed by atoms with van der Waals surface area (Å²) in [6.07, 6.45) is 3.58. The highest BCUT2D eigenvalue weighted by Gasteiger charge is 2.28. The van der Waals surface area contributed by atoms with Gasteiger partial charge >= 0.3 is 6.09 Å². The molecule has 1 aliphatic rings. The van der Waals surface area contributed by atoms with Crippen LogP contribution in [0.15, 0.2) is 48.5 Å². The van der Waals surface area contributed by atoms with Crippen LogP contribution < -0.4 is 9.47 Å². The van der Waals surface area contributed by atoms with Crippen molar-refractivity contribution in [3.05, 3.63) is 59.7 Å². The molecule has 3 rings (SSSR count). The molecular weight excluding hydrogens is 390 g/mol. The zero-order valence-corrected chi connectivity index (χ0v) is 19.2. The van der Waals surface area contributed by atoms with Crippen molar-refractivity contribution in [2.24, 2.45) is 5.92 Å². The van der Waals surface area contributed by atoms with Gasteiger partial charge in [0.25, 0.3) is 0 Å². The zero-order valence-electron chi connectivity index (χ0n) is 19.2. The van der Waals surface area contributed by atoms with E-state index in [1.165, 1.54) is 11.1 Å². The molecule has 0 aromatic heterocycles. The maximum atomic E-state index is 12.4. The number of ether oxygens (including phenoxy) is 3. The maximum Gasteiger partial charge on any atom is 0.410 e. The standard InChI is InChI=1S/C26H35NO4/c1-26(2,3)31-25(28)27-17-9-10-20(18-27)19-30-24-14-8-6-12-22(24)16-15-21-11-5-7-13-23(21)29-4/h5-8,11-14,20H,9-10,15-19H2,1-4H3/t20-/m0/s1. The summed E-state index contributed by atoms with van der Waals surface area (Å²) in [6, 6.07) is 16.4. The van der Waals surface area contributed by atoms with Gasteiger partial charge < -0.3 is 19.1 Å². The van der Waals surface area contributed by atoms with Crippen LogP contribution in [0.4, 0.5) is 4.79 Å². The Kier molecular flexibility index (Phi) is 7.83. The number of carbonyl (C=O) groups is 1. The molecule has 1 atom stereocenters. The number of aryl methyl sites for hydroxylation is 2. The van der Waals surface area contributed by atoms with E-state index >= 15 is 0 Å². The van der Waals surface area contributed by atoms with Crippen LogP contribution in [0.2, 0.25) is 0 Å². The Balaban J connectivity index is 1.56. The first-order chi connectivity index (χ1) is 14.9. The number of likely N-dealkylation sites (tertiary alicyclic amines) is 1. The Morgan fingerprint density at radius 2 is 1.61 bits per heavy atom. The second-order valence-electron chi connectivity index (χ2n) is 9.17. The lowest BCUT2D eigenvalue weighted by Crippen LogP contribution is -2.44. The van der Waals surface area contributed by atoms with Gasteiger partial charge in [-0.2, -0.15) is 0 Å². The molecule has 5 nitrogen and oxygen atoms in total. The highest BCUT2D eigenvalue weighted by molar-refractivity contribution is 5.68. The highest BCUT2D eigenvalue weighted by atomic mass is 16.6. The van der Waals surface area contributed by atoms with Crippen molar-refractivity contribution in [1.82, 2.24) is 4.90 Å². The predicted molar refractivity (Wildman–Crippen MR) is 123 cm³/mol. The lowest BCUT2D eigenvalue weighted by atomic mass is 9.99. The van der Waals surface area contributed by atoms with Gasteiger partial charge in [-0.25, -0.2) is 4.79 Å². The molecular formula is C26H35NO4. The fraction of sp³-hybridized carbons (Fsp3) is 0.500. The van der Waals surface area contributed by atoms with Crippen molar-refractivity contribution in [2.45, 2.75) is 52.1 Å². The minimum absolute atomic E-state index is 0.227. The lowest BCUT2D eigenvalue weighted by Gasteiger charge is -2.34. The Bertz CT molecular complexity index is 858. The summed E-state index contributed by atoms with van der Waals surface area (Å²) in [5.74, 6) is 2.15. The Morgan fingerprint density at radius 3 is 2.26 bits per heavy atom. The molecule has 168 valence electrons. The van der Waals surface area contributed by atoms with Gasteiger partial charge in [-0.05, 0) is 69.7 Å². The summed E-state index contributed by atoms with van der Waals surface area (Å²) in [6.45, 7) is 7.73. The highest BCUT2D eigenvalue weighted by Crippen LogP contribution is 2.26. The van der Waals surface area contributed by atoms with Crippen LogP contribution in [-0.4, -0.2) is 43.4 Å². The molecule has 0 bridgehead atoms. The number of methoxy groups -OCH3 is 1. The number of piperidine rings is 1. The molecule has 1 saturated heterocycles. The average molecular weight is 426 g/mol. The maximum absolute atomic E-state index is 12.4. The summed E-state index contributed by atoms with van der Waals surface area (Å²) in [5, 5.41) is 0. The molecule has 1 fully saturated rings. The van der Waals surface area contributed by atoms with E-state index in [-0.39, 0.29) is 6.09 Å². The third kappa shape index (κ3) is 6.91. The van der Waals surface area contributed by atoms with E-state index in [0.717, 1.165) is 43.7 Å². The molecule has 0 radical (unpaired) electrons. The molecule has 0 unspecified atom stereocenters. The van der Waals surface area contributed by atoms with Crippen LogP contribution in [0.1, 0.15) is 44.7 Å². The average Bonchev–Trinajstić information content (AvgIpc) is 2.76. The first-order valence-corrected chi connectivity index (χ1v) is 11.2. The number of rotatable bonds is 7. The van der Waals surface area contributed by atoms with Gasteiger partial charge in [0.1, 0.15) is 17.1 Å². The molecule has 0 saturated carbocycles. The van der Waals surface area contributed by atoms with E-state index in [9.17, 15) is 4.79 Å². The quantitative estimate of drug-likeness (QED) is 0.587. The second-order valence-corrected chi connectivity index (χ2v) is 9.17. The van der Waals surface area contributed by atoms with Crippen molar-refractivity contribution < 1.29 is 19.0 Å². The zero-order chi connectivity index (χ0) is 22.3. The number of benzene rings is 2. The van der Waals surface area contributed by atoms with Gasteiger partial charge in [0.15, 0.2) is 0 Å². The minimum Gasteiger partial charge on any atom is -0.496 e. The van der Waals surface area contributed by atoms with E-state index in [2.05, 4.69) is 18.2 Å². The Hall–Kier alpha value is -2.69. The van der Waals surface area contributed by atoms with Gasteiger partial charge in [0, 0.05) is 19.0 Å². The molecule has 2 aromatic rings. The lowest BCUT2D eigenvalue weighted by molar-refractivity contribution is 0.0139. The van der Waals surface area contributed by atoms with Crippen LogP contribution in [0, 0.1) is 5.92 Å². The monoisotopic (exact) mass is 425 g/mol. The fourth-order valence-corrected chi connectivity index (χ4v) is 3.93. The topological polar surface area (TPSA) is 48.0 Å². The number of hydrogen-bond acceptors (Lipinski definition) is 4. The van der Waals surface area contributed by atoms with Crippen LogP contribution in [0.25, 0.3) is 0 Å². The minimum atomic E-state index is -0.471. The normalized spacial score (nSPS) is 16.6. The number of para-hydroxylation sites is 2. The number of nitrogens with zero attached hydrogens (tertiary/aromatic N) is 1. The number of hydrogen-bond donors (Lipinski definition) is 0. The molecule has 0 aliphatic carbocycles. The first kappa shape index (κ1) is 23.0. The second kappa shape index (κ2) is 10.6. The van der Waals surface area contributed by atoms with Crippen LogP contribution in [-0.2, 0) is 17.6 Å². The molecule has 1 aliphatic heterocycles. The van der Waals surface area contributed by atoms with E-state index in [4.69, 9.17) is 14.2 Å². The molecule has 2 aromatic carbocycles. The number of amides is 1. The van der Waals surface area contributed by atoms with E-state index < -0.39 is 5.60 Å². The van der Waals surface area contributed by atoms with Crippen LogP contribution in [0.3, 0.4) is 0 Å². The fourth-order valence-electron chi connectivity index (χ4n) is 3.93. The summed E-state index contributed by atoms with van der Waals surface area (Å²) >= 11 is 0.